The van der Waals surface area contributed by atoms with Gasteiger partial charge in [0, 0.05) is 10.3 Å². The Bertz CT molecular complexity index is 295. The van der Waals surface area contributed by atoms with E-state index in [1.54, 1.807) is 17.4 Å². The molecule has 0 aliphatic heterocycles. The zero-order valence-electron chi connectivity index (χ0n) is 5.35. The van der Waals surface area contributed by atoms with Gasteiger partial charge in [0.15, 0.2) is 5.13 Å². The Morgan fingerprint density at radius 3 is 2.80 bits per heavy atom. The molecule has 0 saturated carbocycles. The minimum atomic E-state index is -0.0822. The number of aryl methyl sites for hydroxylation is 1. The summed E-state index contributed by atoms with van der Waals surface area (Å²) < 4.78 is 13.6. The summed E-state index contributed by atoms with van der Waals surface area (Å²) in [6.45, 7) is 2.04. The molecule has 0 spiro atoms. The largest absolute Gasteiger partial charge is 0.195 e. The van der Waals surface area contributed by atoms with E-state index in [1.165, 1.54) is 16.2 Å². The summed E-state index contributed by atoms with van der Waals surface area (Å²) in [5.41, 5.74) is 0. The minimum absolute atomic E-state index is 0.0822. The highest BCUT2D eigenvalue weighted by Crippen LogP contribution is 2.31. The van der Waals surface area contributed by atoms with Crippen LogP contribution < -0.4 is 0 Å². The van der Waals surface area contributed by atoms with E-state index < -0.39 is 0 Å². The molecule has 0 saturated heterocycles. The first-order valence-electron chi connectivity index (χ1n) is 2.91. The van der Waals surface area contributed by atoms with Crippen molar-refractivity contribution in [1.82, 2.24) is 0 Å². The third kappa shape index (κ3) is 0.859. The number of thiophene rings is 2. The minimum Gasteiger partial charge on any atom is -0.195 e. The first kappa shape index (κ1) is 6.31. The Balaban J connectivity index is 2.83. The van der Waals surface area contributed by atoms with Crippen molar-refractivity contribution in [2.45, 2.75) is 6.92 Å². The van der Waals surface area contributed by atoms with E-state index in [9.17, 15) is 4.39 Å². The van der Waals surface area contributed by atoms with E-state index in [0.717, 1.165) is 9.40 Å². The second-order valence-corrected chi connectivity index (χ2v) is 4.67. The number of fused-ring (bicyclic) bond motifs is 1. The fraction of sp³-hybridized carbons (Fsp3) is 0.143. The average molecular weight is 172 g/mol. The molecule has 2 rings (SSSR count). The fourth-order valence-corrected chi connectivity index (χ4v) is 3.05. The maximum absolute atomic E-state index is 12.5. The third-order valence-electron chi connectivity index (χ3n) is 1.31. The third-order valence-corrected chi connectivity index (χ3v) is 3.40. The lowest BCUT2D eigenvalue weighted by Crippen LogP contribution is -1.52. The zero-order valence-corrected chi connectivity index (χ0v) is 6.98. The first-order valence-corrected chi connectivity index (χ1v) is 4.54. The standard InChI is InChI=1S/C7H5FS2/c1-4-2-5-3-6(8)10-7(5)9-4/h2-3H,1H3. The number of halogens is 1. The Kier molecular flexibility index (Phi) is 1.28. The van der Waals surface area contributed by atoms with Crippen molar-refractivity contribution >= 4 is 32.1 Å². The quantitative estimate of drug-likeness (QED) is 0.571. The van der Waals surface area contributed by atoms with Crippen molar-refractivity contribution in [3.8, 4) is 0 Å². The van der Waals surface area contributed by atoms with Crippen molar-refractivity contribution < 1.29 is 4.39 Å². The monoisotopic (exact) mass is 172 g/mol. The van der Waals surface area contributed by atoms with Crippen LogP contribution >= 0.6 is 22.7 Å². The molecule has 0 aliphatic rings. The molecule has 2 heterocycles. The lowest BCUT2D eigenvalue weighted by Gasteiger charge is -1.72. The molecule has 2 aromatic rings. The van der Waals surface area contributed by atoms with E-state index in [2.05, 4.69) is 0 Å². The van der Waals surface area contributed by atoms with Crippen LogP contribution in [0.3, 0.4) is 0 Å². The molecule has 0 unspecified atom stereocenters. The number of hydrogen-bond donors (Lipinski definition) is 0. The Morgan fingerprint density at radius 1 is 1.30 bits per heavy atom. The molecule has 0 bridgehead atoms. The van der Waals surface area contributed by atoms with Crippen LogP contribution in [0.1, 0.15) is 4.88 Å². The van der Waals surface area contributed by atoms with Crippen LogP contribution in [0.15, 0.2) is 12.1 Å². The maximum Gasteiger partial charge on any atom is 0.178 e. The molecule has 0 atom stereocenters. The summed E-state index contributed by atoms with van der Waals surface area (Å²) in [5, 5.41) is 0.964. The summed E-state index contributed by atoms with van der Waals surface area (Å²) >= 11 is 2.88. The highest BCUT2D eigenvalue weighted by atomic mass is 32.2. The molecule has 0 aromatic carbocycles. The molecule has 0 nitrogen and oxygen atoms in total. The van der Waals surface area contributed by atoms with E-state index in [1.807, 2.05) is 13.0 Å². The van der Waals surface area contributed by atoms with Crippen LogP contribution in [0.4, 0.5) is 4.39 Å². The second-order valence-electron chi connectivity index (χ2n) is 2.15. The van der Waals surface area contributed by atoms with Gasteiger partial charge in [0.1, 0.15) is 0 Å². The molecule has 0 radical (unpaired) electrons. The highest BCUT2D eigenvalue weighted by Gasteiger charge is 2.02. The van der Waals surface area contributed by atoms with Crippen LogP contribution in [0.5, 0.6) is 0 Å². The topological polar surface area (TPSA) is 0 Å². The molecule has 0 aliphatic carbocycles. The normalized spacial score (nSPS) is 11.0. The molecule has 52 valence electrons. The van der Waals surface area contributed by atoms with Crippen LogP contribution in [0.2, 0.25) is 0 Å². The van der Waals surface area contributed by atoms with Crippen LogP contribution in [0.25, 0.3) is 9.40 Å². The van der Waals surface area contributed by atoms with Gasteiger partial charge in [0.05, 0.1) is 4.01 Å². The van der Waals surface area contributed by atoms with Crippen molar-refractivity contribution in [3.05, 3.63) is 22.1 Å². The summed E-state index contributed by atoms with van der Waals surface area (Å²) in [6, 6.07) is 3.60. The smallest absolute Gasteiger partial charge is 0.178 e. The lowest BCUT2D eigenvalue weighted by molar-refractivity contribution is 0.658. The van der Waals surface area contributed by atoms with Gasteiger partial charge in [-0.2, -0.15) is 4.39 Å². The van der Waals surface area contributed by atoms with E-state index in [0.29, 0.717) is 0 Å². The van der Waals surface area contributed by atoms with Crippen LogP contribution in [-0.4, -0.2) is 0 Å². The molecular weight excluding hydrogens is 167 g/mol. The number of rotatable bonds is 0. The van der Waals surface area contributed by atoms with Crippen LogP contribution in [0, 0.1) is 12.1 Å². The highest BCUT2D eigenvalue weighted by molar-refractivity contribution is 7.37. The van der Waals surface area contributed by atoms with Gasteiger partial charge in [-0.15, -0.1) is 11.3 Å². The fourth-order valence-electron chi connectivity index (χ4n) is 0.933. The van der Waals surface area contributed by atoms with Crippen molar-refractivity contribution in [1.29, 1.82) is 0 Å². The van der Waals surface area contributed by atoms with Crippen molar-refractivity contribution in [3.63, 3.8) is 0 Å². The van der Waals surface area contributed by atoms with E-state index in [-0.39, 0.29) is 5.13 Å². The predicted octanol–water partition coefficient (Wildman–Crippen LogP) is 3.41. The van der Waals surface area contributed by atoms with Gasteiger partial charge in [0.2, 0.25) is 0 Å². The average Bonchev–Trinajstić information content (AvgIpc) is 2.21. The SMILES string of the molecule is Cc1cc2cc(F)sc2s1. The molecule has 0 fully saturated rings. The first-order chi connectivity index (χ1) is 4.75. The van der Waals surface area contributed by atoms with Gasteiger partial charge in [-0.25, -0.2) is 0 Å². The van der Waals surface area contributed by atoms with Gasteiger partial charge < -0.3 is 0 Å². The van der Waals surface area contributed by atoms with Crippen LogP contribution in [-0.2, 0) is 0 Å². The Hall–Kier alpha value is -0.410. The van der Waals surface area contributed by atoms with Gasteiger partial charge in [0.25, 0.3) is 0 Å². The van der Waals surface area contributed by atoms with Crippen molar-refractivity contribution in [2.24, 2.45) is 0 Å². The summed E-state index contributed by atoms with van der Waals surface area (Å²) in [5.74, 6) is 0. The molecule has 10 heavy (non-hydrogen) atoms. The van der Waals surface area contributed by atoms with Gasteiger partial charge in [-0.1, -0.05) is 11.3 Å². The zero-order chi connectivity index (χ0) is 7.14. The van der Waals surface area contributed by atoms with Gasteiger partial charge in [-0.3, -0.25) is 0 Å². The summed E-state index contributed by atoms with van der Waals surface area (Å²) in [7, 11) is 0. The van der Waals surface area contributed by atoms with Gasteiger partial charge >= 0.3 is 0 Å². The molecule has 2 aromatic heterocycles. The number of hydrogen-bond acceptors (Lipinski definition) is 2. The van der Waals surface area contributed by atoms with Gasteiger partial charge in [-0.05, 0) is 19.1 Å². The predicted molar refractivity (Wildman–Crippen MR) is 44.4 cm³/mol. The Morgan fingerprint density at radius 2 is 2.10 bits per heavy atom. The van der Waals surface area contributed by atoms with E-state index >= 15 is 0 Å². The van der Waals surface area contributed by atoms with E-state index in [4.69, 9.17) is 0 Å². The second kappa shape index (κ2) is 2.04. The molecule has 3 heteroatoms. The molecule has 0 amide bonds. The lowest BCUT2D eigenvalue weighted by atomic mass is 10.4. The molecule has 0 N–H and O–H groups in total. The summed E-state index contributed by atoms with van der Waals surface area (Å²) in [6.07, 6.45) is 0. The van der Waals surface area contributed by atoms with Crippen molar-refractivity contribution in [2.75, 3.05) is 0 Å². The maximum atomic E-state index is 12.5. The summed E-state index contributed by atoms with van der Waals surface area (Å²) in [4.78, 5) is 1.25. The Labute approximate surface area is 65.9 Å². The molecular formula is C7H5FS2.